The number of hydrogen-bond acceptors (Lipinski definition) is 5. The van der Waals surface area contributed by atoms with Crippen LogP contribution in [0.15, 0.2) is 30.6 Å². The summed E-state index contributed by atoms with van der Waals surface area (Å²) in [5, 5.41) is 18.8. The summed E-state index contributed by atoms with van der Waals surface area (Å²) in [6.45, 7) is 1.88. The Morgan fingerprint density at radius 2 is 1.97 bits per heavy atom. The third-order valence-electron chi connectivity index (χ3n) is 7.63. The first-order valence-corrected chi connectivity index (χ1v) is 12.2. The molecule has 2 aliphatic carbocycles. The molecule has 2 aromatic heterocycles. The molecule has 35 heavy (non-hydrogen) atoms. The molecule has 3 atom stereocenters. The summed E-state index contributed by atoms with van der Waals surface area (Å²) in [7, 11) is 3.64. The Labute approximate surface area is 208 Å². The lowest BCUT2D eigenvalue weighted by atomic mass is 9.90. The summed E-state index contributed by atoms with van der Waals surface area (Å²) in [5.74, 6) is -0.0720. The van der Waals surface area contributed by atoms with Gasteiger partial charge in [-0.05, 0) is 68.7 Å². The lowest BCUT2D eigenvalue weighted by molar-refractivity contribution is 0.0263. The second-order valence-electron chi connectivity index (χ2n) is 10.2. The van der Waals surface area contributed by atoms with Crippen LogP contribution in [0.2, 0.25) is 5.02 Å². The summed E-state index contributed by atoms with van der Waals surface area (Å²) in [6.07, 6.45) is 4.65. The van der Waals surface area contributed by atoms with Gasteiger partial charge in [0.2, 0.25) is 0 Å². The highest BCUT2D eigenvalue weighted by atomic mass is 35.5. The monoisotopic (exact) mass is 500 g/mol. The van der Waals surface area contributed by atoms with E-state index in [2.05, 4.69) is 15.4 Å². The number of nitrogens with two attached hydrogens (primary N) is 1. The van der Waals surface area contributed by atoms with Crippen molar-refractivity contribution in [2.45, 2.75) is 50.2 Å². The van der Waals surface area contributed by atoms with Crippen LogP contribution in [0.5, 0.6) is 0 Å². The van der Waals surface area contributed by atoms with Gasteiger partial charge in [-0.3, -0.25) is 9.48 Å². The van der Waals surface area contributed by atoms with Crippen LogP contribution in [0.3, 0.4) is 0 Å². The van der Waals surface area contributed by atoms with Crippen molar-refractivity contribution < 1.29 is 14.3 Å². The first-order chi connectivity index (χ1) is 16.6. The Bertz CT molecular complexity index is 1270. The number of fused-ring (bicyclic) bond motifs is 1. The molecule has 0 radical (unpaired) electrons. The molecule has 8 nitrogen and oxygen atoms in total. The van der Waals surface area contributed by atoms with E-state index in [0.717, 1.165) is 29.9 Å². The molecular formula is C25H30ClFN6O2. The van der Waals surface area contributed by atoms with Crippen LogP contribution in [0.25, 0.3) is 0 Å². The van der Waals surface area contributed by atoms with E-state index in [1.807, 2.05) is 20.0 Å². The third kappa shape index (κ3) is 4.26. The molecular weight excluding hydrogens is 471 g/mol. The molecule has 2 heterocycles. The number of nitrogens with zero attached hydrogens (tertiary/aromatic N) is 4. The van der Waals surface area contributed by atoms with Crippen molar-refractivity contribution in [3.63, 3.8) is 0 Å². The van der Waals surface area contributed by atoms with E-state index >= 15 is 0 Å². The van der Waals surface area contributed by atoms with Gasteiger partial charge in [-0.2, -0.15) is 5.10 Å². The second kappa shape index (κ2) is 8.72. The average Bonchev–Trinajstić information content (AvgIpc) is 3.52. The molecule has 10 heteroatoms. The topological polar surface area (TPSA) is 111 Å². The lowest BCUT2D eigenvalue weighted by Crippen LogP contribution is -2.26. The Kier molecular flexibility index (Phi) is 5.97. The van der Waals surface area contributed by atoms with Crippen molar-refractivity contribution in [1.82, 2.24) is 19.3 Å². The van der Waals surface area contributed by atoms with E-state index in [9.17, 15) is 14.3 Å². The molecule has 1 amide bonds. The number of benzene rings is 1. The van der Waals surface area contributed by atoms with Crippen LogP contribution in [0.4, 0.5) is 10.1 Å². The second-order valence-corrected chi connectivity index (χ2v) is 10.6. The molecule has 0 spiro atoms. The summed E-state index contributed by atoms with van der Waals surface area (Å²) in [5.41, 5.74) is 8.32. The van der Waals surface area contributed by atoms with Gasteiger partial charge in [-0.1, -0.05) is 11.6 Å². The SMILES string of the molecule is CC(N)c1cc(C2(O)CC3CC(c4ncn(C)c4C(=O)Nc4ccc(F)c(Cl)c4)CC3C2)n(C)n1. The van der Waals surface area contributed by atoms with Crippen molar-refractivity contribution in [3.05, 3.63) is 64.2 Å². The Hall–Kier alpha value is -2.75. The highest BCUT2D eigenvalue weighted by Gasteiger charge is 2.51. The number of nitrogens with one attached hydrogen (secondary N) is 1. The zero-order valence-corrected chi connectivity index (χ0v) is 20.8. The van der Waals surface area contributed by atoms with E-state index in [0.29, 0.717) is 36.1 Å². The van der Waals surface area contributed by atoms with Gasteiger partial charge in [0.05, 0.1) is 28.4 Å². The Morgan fingerprint density at radius 3 is 2.57 bits per heavy atom. The standard InChI is InChI=1S/C25H30ClFN6O2/c1-13(28)20-9-21(33(3)31-20)25(35)10-15-6-14(7-16(15)11-25)22-23(32(2)12-29-22)24(34)30-17-4-5-19(27)18(26)8-17/h4-5,8-9,12-16,35H,6-7,10-11,28H2,1-3H3,(H,30,34). The molecule has 5 rings (SSSR count). The van der Waals surface area contributed by atoms with Crippen molar-refractivity contribution in [2.24, 2.45) is 31.7 Å². The van der Waals surface area contributed by atoms with E-state index in [1.54, 1.807) is 22.6 Å². The highest BCUT2D eigenvalue weighted by Crippen LogP contribution is 2.56. The van der Waals surface area contributed by atoms with Crippen molar-refractivity contribution >= 4 is 23.2 Å². The van der Waals surface area contributed by atoms with Crippen LogP contribution in [0.1, 0.15) is 72.1 Å². The number of rotatable bonds is 5. The van der Waals surface area contributed by atoms with Gasteiger partial charge in [0.1, 0.15) is 17.1 Å². The minimum atomic E-state index is -0.929. The fourth-order valence-electron chi connectivity index (χ4n) is 6.03. The predicted octanol–water partition coefficient (Wildman–Crippen LogP) is 4.01. The number of carbonyl (C=O) groups is 1. The number of hydrogen-bond donors (Lipinski definition) is 3. The highest BCUT2D eigenvalue weighted by molar-refractivity contribution is 6.31. The summed E-state index contributed by atoms with van der Waals surface area (Å²) < 4.78 is 17.0. The van der Waals surface area contributed by atoms with Gasteiger partial charge >= 0.3 is 0 Å². The van der Waals surface area contributed by atoms with Gasteiger partial charge in [0.15, 0.2) is 0 Å². The molecule has 3 aromatic rings. The summed E-state index contributed by atoms with van der Waals surface area (Å²) >= 11 is 5.86. The number of aliphatic hydroxyl groups is 1. The Balaban J connectivity index is 1.32. The predicted molar refractivity (Wildman–Crippen MR) is 130 cm³/mol. The fraction of sp³-hybridized carbons (Fsp3) is 0.480. The van der Waals surface area contributed by atoms with E-state index < -0.39 is 11.4 Å². The Morgan fingerprint density at radius 1 is 1.29 bits per heavy atom. The fourth-order valence-corrected chi connectivity index (χ4v) is 6.21. The molecule has 0 aliphatic heterocycles. The number of halogens is 2. The van der Waals surface area contributed by atoms with Gasteiger partial charge in [0.25, 0.3) is 5.91 Å². The summed E-state index contributed by atoms with van der Waals surface area (Å²) in [4.78, 5) is 17.7. The zero-order valence-electron chi connectivity index (χ0n) is 20.0. The smallest absolute Gasteiger partial charge is 0.274 e. The molecule has 2 aliphatic rings. The summed E-state index contributed by atoms with van der Waals surface area (Å²) in [6, 6.07) is 5.82. The average molecular weight is 501 g/mol. The van der Waals surface area contributed by atoms with Crippen molar-refractivity contribution in [2.75, 3.05) is 5.32 Å². The molecule has 1 aromatic carbocycles. The van der Waals surface area contributed by atoms with Crippen LogP contribution < -0.4 is 11.1 Å². The first-order valence-electron chi connectivity index (χ1n) is 11.9. The molecule has 3 unspecified atom stereocenters. The van der Waals surface area contributed by atoms with Crippen molar-refractivity contribution in [1.29, 1.82) is 0 Å². The normalized spacial score (nSPS) is 26.7. The van der Waals surface area contributed by atoms with Gasteiger partial charge < -0.3 is 20.7 Å². The zero-order chi connectivity index (χ0) is 25.1. The van der Waals surface area contributed by atoms with Gasteiger partial charge in [0, 0.05) is 31.7 Å². The molecule has 4 N–H and O–H groups in total. The number of aromatic nitrogens is 4. The number of aryl methyl sites for hydroxylation is 2. The number of imidazole rings is 1. The maximum Gasteiger partial charge on any atom is 0.274 e. The molecule has 2 saturated carbocycles. The minimum absolute atomic E-state index is 0.0504. The van der Waals surface area contributed by atoms with Crippen molar-refractivity contribution in [3.8, 4) is 0 Å². The maximum absolute atomic E-state index is 13.5. The molecule has 0 saturated heterocycles. The van der Waals surface area contributed by atoms with E-state index in [4.69, 9.17) is 17.3 Å². The molecule has 0 bridgehead atoms. The third-order valence-corrected chi connectivity index (χ3v) is 7.92. The molecule has 186 valence electrons. The van der Waals surface area contributed by atoms with E-state index in [-0.39, 0.29) is 22.9 Å². The number of anilines is 1. The molecule has 2 fully saturated rings. The number of amides is 1. The minimum Gasteiger partial charge on any atom is -0.384 e. The number of carbonyl (C=O) groups excluding carboxylic acids is 1. The largest absolute Gasteiger partial charge is 0.384 e. The van der Waals surface area contributed by atoms with Gasteiger partial charge in [-0.15, -0.1) is 0 Å². The lowest BCUT2D eigenvalue weighted by Gasteiger charge is -2.25. The first kappa shape index (κ1) is 24.0. The maximum atomic E-state index is 13.5. The van der Waals surface area contributed by atoms with Gasteiger partial charge in [-0.25, -0.2) is 9.37 Å². The van der Waals surface area contributed by atoms with Crippen LogP contribution in [0, 0.1) is 17.7 Å². The van der Waals surface area contributed by atoms with Crippen LogP contribution in [-0.2, 0) is 19.7 Å². The van der Waals surface area contributed by atoms with Crippen LogP contribution in [-0.4, -0.2) is 30.3 Å². The van der Waals surface area contributed by atoms with Crippen LogP contribution >= 0.6 is 11.6 Å². The van der Waals surface area contributed by atoms with E-state index in [1.165, 1.54) is 18.2 Å². The quantitative estimate of drug-likeness (QED) is 0.490.